The van der Waals surface area contributed by atoms with Crippen molar-refractivity contribution in [1.29, 1.82) is 0 Å². The van der Waals surface area contributed by atoms with Crippen LogP contribution in [0.3, 0.4) is 0 Å². The molecule has 0 heterocycles. The van der Waals surface area contributed by atoms with Crippen LogP contribution < -0.4 is 0 Å². The van der Waals surface area contributed by atoms with Gasteiger partial charge in [-0.3, -0.25) is 0 Å². The third-order valence-electron chi connectivity index (χ3n) is 4.69. The smallest absolute Gasteiger partial charge is 0.00577 e. The van der Waals surface area contributed by atoms with Crippen LogP contribution >= 0.6 is 0 Å². The molecule has 0 atom stereocenters. The van der Waals surface area contributed by atoms with E-state index in [-0.39, 0.29) is 0 Å². The first kappa shape index (κ1) is 14.1. The van der Waals surface area contributed by atoms with E-state index >= 15 is 0 Å². The van der Waals surface area contributed by atoms with Crippen LogP contribution in [0.5, 0.6) is 0 Å². The van der Waals surface area contributed by atoms with Gasteiger partial charge >= 0.3 is 0 Å². The van der Waals surface area contributed by atoms with E-state index in [4.69, 9.17) is 0 Å². The molecular weight excluding hydrogens is 252 g/mol. The van der Waals surface area contributed by atoms with Crippen molar-refractivity contribution >= 4 is 6.08 Å². The van der Waals surface area contributed by atoms with E-state index < -0.39 is 0 Å². The summed E-state index contributed by atoms with van der Waals surface area (Å²) in [6, 6.07) is 13.6. The summed E-state index contributed by atoms with van der Waals surface area (Å²) in [5.41, 5.74) is 10.4. The van der Waals surface area contributed by atoms with Gasteiger partial charge in [0.1, 0.15) is 0 Å². The van der Waals surface area contributed by atoms with Gasteiger partial charge in [-0.05, 0) is 59.1 Å². The van der Waals surface area contributed by atoms with Gasteiger partial charge in [-0.15, -0.1) is 0 Å². The van der Waals surface area contributed by atoms with Crippen molar-refractivity contribution in [2.24, 2.45) is 0 Å². The minimum Gasteiger partial charge on any atom is -0.0655 e. The summed E-state index contributed by atoms with van der Waals surface area (Å²) in [4.78, 5) is 0. The minimum absolute atomic E-state index is 1.09. The Morgan fingerprint density at radius 1 is 0.810 bits per heavy atom. The molecule has 2 aromatic rings. The zero-order valence-electron chi connectivity index (χ0n) is 13.4. The van der Waals surface area contributed by atoms with Gasteiger partial charge in [0.2, 0.25) is 0 Å². The Balaban J connectivity index is 2.26. The lowest BCUT2D eigenvalue weighted by atomic mass is 9.88. The Morgan fingerprint density at radius 2 is 1.57 bits per heavy atom. The number of rotatable bonds is 4. The number of benzene rings is 2. The highest BCUT2D eigenvalue weighted by molar-refractivity contribution is 5.84. The van der Waals surface area contributed by atoms with Crippen molar-refractivity contribution in [3.05, 3.63) is 64.2 Å². The lowest BCUT2D eigenvalue weighted by molar-refractivity contribution is 1.04. The SMILES string of the molecule is CCC1=Cc2c(ccc(CC)c2-c2ccccc2CC)C1. The van der Waals surface area contributed by atoms with Crippen molar-refractivity contribution in [2.45, 2.75) is 46.5 Å². The van der Waals surface area contributed by atoms with Gasteiger partial charge in [-0.2, -0.15) is 0 Å². The minimum atomic E-state index is 1.09. The van der Waals surface area contributed by atoms with Crippen LogP contribution in [0.2, 0.25) is 0 Å². The monoisotopic (exact) mass is 276 g/mol. The number of fused-ring (bicyclic) bond motifs is 1. The molecule has 0 saturated carbocycles. The van der Waals surface area contributed by atoms with Gasteiger partial charge in [0.25, 0.3) is 0 Å². The van der Waals surface area contributed by atoms with Gasteiger partial charge in [-0.25, -0.2) is 0 Å². The lowest BCUT2D eigenvalue weighted by Crippen LogP contribution is -1.97. The van der Waals surface area contributed by atoms with Gasteiger partial charge in [0.05, 0.1) is 0 Å². The first-order chi connectivity index (χ1) is 10.3. The van der Waals surface area contributed by atoms with E-state index in [0.717, 1.165) is 25.7 Å². The van der Waals surface area contributed by atoms with Crippen molar-refractivity contribution in [2.75, 3.05) is 0 Å². The number of hydrogen-bond donors (Lipinski definition) is 0. The van der Waals surface area contributed by atoms with Gasteiger partial charge in [0.15, 0.2) is 0 Å². The molecule has 0 amide bonds. The molecule has 21 heavy (non-hydrogen) atoms. The molecule has 108 valence electrons. The van der Waals surface area contributed by atoms with Crippen LogP contribution in [-0.2, 0) is 19.3 Å². The largest absolute Gasteiger partial charge is 0.0655 e. The molecule has 0 aromatic heterocycles. The maximum Gasteiger partial charge on any atom is -0.00577 e. The van der Waals surface area contributed by atoms with Gasteiger partial charge in [-0.1, -0.05) is 68.8 Å². The molecule has 3 rings (SSSR count). The number of hydrogen-bond acceptors (Lipinski definition) is 0. The second-order valence-electron chi connectivity index (χ2n) is 5.87. The molecule has 1 aliphatic rings. The van der Waals surface area contributed by atoms with E-state index in [1.165, 1.54) is 33.4 Å². The third-order valence-corrected chi connectivity index (χ3v) is 4.69. The first-order valence-corrected chi connectivity index (χ1v) is 8.20. The summed E-state index contributed by atoms with van der Waals surface area (Å²) >= 11 is 0. The Bertz CT molecular complexity index is 689. The van der Waals surface area contributed by atoms with E-state index in [1.807, 2.05) is 0 Å². The molecule has 0 spiro atoms. The fourth-order valence-electron chi connectivity index (χ4n) is 3.44. The third kappa shape index (κ3) is 2.44. The first-order valence-electron chi connectivity index (χ1n) is 8.20. The normalized spacial score (nSPS) is 13.2. The zero-order valence-corrected chi connectivity index (χ0v) is 13.4. The number of allylic oxidation sites excluding steroid dienone is 1. The summed E-state index contributed by atoms with van der Waals surface area (Å²) in [5.74, 6) is 0. The van der Waals surface area contributed by atoms with Crippen LogP contribution in [0, 0.1) is 0 Å². The van der Waals surface area contributed by atoms with Crippen molar-refractivity contribution in [3.63, 3.8) is 0 Å². The highest BCUT2D eigenvalue weighted by atomic mass is 14.2. The molecular formula is C21H24. The maximum absolute atomic E-state index is 2.44. The number of aryl methyl sites for hydroxylation is 2. The molecule has 0 nitrogen and oxygen atoms in total. The molecule has 0 aliphatic heterocycles. The molecule has 2 aromatic carbocycles. The Hall–Kier alpha value is -1.82. The predicted octanol–water partition coefficient (Wildman–Crippen LogP) is 5.83. The fraction of sp³-hybridized carbons (Fsp3) is 0.333. The molecule has 0 heteroatoms. The predicted molar refractivity (Wildman–Crippen MR) is 92.6 cm³/mol. The van der Waals surface area contributed by atoms with Gasteiger partial charge in [0, 0.05) is 0 Å². The van der Waals surface area contributed by atoms with Crippen LogP contribution in [0.15, 0.2) is 42.0 Å². The van der Waals surface area contributed by atoms with Crippen molar-refractivity contribution in [3.8, 4) is 11.1 Å². The molecule has 0 fully saturated rings. The summed E-state index contributed by atoms with van der Waals surface area (Å²) in [6.07, 6.45) is 6.92. The van der Waals surface area contributed by atoms with E-state index in [0.29, 0.717) is 0 Å². The molecule has 0 radical (unpaired) electrons. The fourth-order valence-corrected chi connectivity index (χ4v) is 3.44. The van der Waals surface area contributed by atoms with Crippen LogP contribution in [0.25, 0.3) is 17.2 Å². The molecule has 1 aliphatic carbocycles. The van der Waals surface area contributed by atoms with Crippen molar-refractivity contribution in [1.82, 2.24) is 0 Å². The van der Waals surface area contributed by atoms with Crippen molar-refractivity contribution < 1.29 is 0 Å². The van der Waals surface area contributed by atoms with Crippen LogP contribution in [0.1, 0.15) is 49.4 Å². The van der Waals surface area contributed by atoms with E-state index in [9.17, 15) is 0 Å². The summed E-state index contributed by atoms with van der Waals surface area (Å²) in [7, 11) is 0. The lowest BCUT2D eigenvalue weighted by Gasteiger charge is -2.16. The van der Waals surface area contributed by atoms with Crippen LogP contribution in [-0.4, -0.2) is 0 Å². The zero-order chi connectivity index (χ0) is 14.8. The Labute approximate surface area is 128 Å². The van der Waals surface area contributed by atoms with Crippen LogP contribution in [0.4, 0.5) is 0 Å². The Morgan fingerprint density at radius 3 is 2.29 bits per heavy atom. The highest BCUT2D eigenvalue weighted by Crippen LogP contribution is 2.39. The Kier molecular flexibility index (Phi) is 3.96. The second kappa shape index (κ2) is 5.89. The summed E-state index contributed by atoms with van der Waals surface area (Å²) in [5, 5.41) is 0. The maximum atomic E-state index is 2.44. The second-order valence-corrected chi connectivity index (χ2v) is 5.87. The van der Waals surface area contributed by atoms with E-state index in [2.05, 4.69) is 63.2 Å². The molecule has 0 N–H and O–H groups in total. The standard InChI is InChI=1S/C21H24/c1-4-15-13-18-12-11-17(6-3)21(20(18)14-15)19-10-8-7-9-16(19)5-2/h7-12,14H,4-6,13H2,1-3H3. The topological polar surface area (TPSA) is 0 Å². The average molecular weight is 276 g/mol. The molecule has 0 bridgehead atoms. The molecule has 0 unspecified atom stereocenters. The highest BCUT2D eigenvalue weighted by Gasteiger charge is 2.19. The van der Waals surface area contributed by atoms with Gasteiger partial charge < -0.3 is 0 Å². The van der Waals surface area contributed by atoms with E-state index in [1.54, 1.807) is 5.57 Å². The summed E-state index contributed by atoms with van der Waals surface area (Å²) < 4.78 is 0. The quantitative estimate of drug-likeness (QED) is 0.659. The molecule has 0 saturated heterocycles. The average Bonchev–Trinajstić information content (AvgIpc) is 2.97. The summed E-state index contributed by atoms with van der Waals surface area (Å²) in [6.45, 7) is 6.78.